The van der Waals surface area contributed by atoms with Gasteiger partial charge in [-0.15, -0.1) is 0 Å². The molecule has 0 fully saturated rings. The molecule has 1 aromatic carbocycles. The molecule has 1 amide bonds. The zero-order valence-corrected chi connectivity index (χ0v) is 14.1. The van der Waals surface area contributed by atoms with Gasteiger partial charge < -0.3 is 10.1 Å². The molecule has 118 valence electrons. The third-order valence-corrected chi connectivity index (χ3v) is 3.86. The van der Waals surface area contributed by atoms with E-state index < -0.39 is 5.82 Å². The largest absolute Gasteiger partial charge is 0.481 e. The van der Waals surface area contributed by atoms with Crippen molar-refractivity contribution in [1.29, 1.82) is 0 Å². The summed E-state index contributed by atoms with van der Waals surface area (Å²) in [6.45, 7) is 3.54. The number of nitrogens with one attached hydrogen (secondary N) is 1. The first-order valence-corrected chi connectivity index (χ1v) is 7.53. The number of carbonyl (C=O) groups excluding carboxylic acids is 1. The van der Waals surface area contributed by atoms with Crippen LogP contribution in [0.2, 0.25) is 0 Å². The van der Waals surface area contributed by atoms with Crippen molar-refractivity contribution in [3.63, 3.8) is 0 Å². The van der Waals surface area contributed by atoms with Crippen molar-refractivity contribution in [2.24, 2.45) is 7.05 Å². The first-order valence-electron chi connectivity index (χ1n) is 6.74. The summed E-state index contributed by atoms with van der Waals surface area (Å²) in [6.07, 6.45) is 1.72. The quantitative estimate of drug-likeness (QED) is 0.881. The fourth-order valence-electron chi connectivity index (χ4n) is 2.04. The Morgan fingerprint density at radius 1 is 1.55 bits per heavy atom. The third kappa shape index (κ3) is 3.85. The molecule has 0 saturated carbocycles. The van der Waals surface area contributed by atoms with E-state index >= 15 is 0 Å². The van der Waals surface area contributed by atoms with Gasteiger partial charge >= 0.3 is 0 Å². The second-order valence-electron chi connectivity index (χ2n) is 4.96. The van der Waals surface area contributed by atoms with Crippen molar-refractivity contribution in [3.05, 3.63) is 45.9 Å². The maximum Gasteiger partial charge on any atom is 0.258 e. The number of rotatable bonds is 5. The Kier molecular flexibility index (Phi) is 5.18. The van der Waals surface area contributed by atoms with Crippen LogP contribution in [-0.2, 0) is 11.8 Å². The summed E-state index contributed by atoms with van der Waals surface area (Å²) in [5.74, 6) is -0.792. The van der Waals surface area contributed by atoms with Gasteiger partial charge in [0.1, 0.15) is 0 Å². The van der Waals surface area contributed by atoms with Gasteiger partial charge in [-0.1, -0.05) is 15.9 Å². The first-order chi connectivity index (χ1) is 10.4. The molecular formula is C15H17BrFN3O2. The number of amides is 1. The van der Waals surface area contributed by atoms with E-state index in [1.165, 1.54) is 12.1 Å². The molecule has 0 radical (unpaired) electrons. The average molecular weight is 370 g/mol. The summed E-state index contributed by atoms with van der Waals surface area (Å²) < 4.78 is 21.1. The highest BCUT2D eigenvalue weighted by Crippen LogP contribution is 2.21. The number of aryl methyl sites for hydroxylation is 1. The number of benzene rings is 1. The number of halogens is 2. The van der Waals surface area contributed by atoms with Gasteiger partial charge in [-0.25, -0.2) is 4.39 Å². The highest BCUT2D eigenvalue weighted by Gasteiger charge is 2.15. The normalized spacial score (nSPS) is 12.0. The predicted octanol–water partition coefficient (Wildman–Crippen LogP) is 2.89. The topological polar surface area (TPSA) is 56.1 Å². The van der Waals surface area contributed by atoms with Crippen LogP contribution in [0.25, 0.3) is 0 Å². The van der Waals surface area contributed by atoms with Crippen molar-refractivity contribution in [2.75, 3.05) is 6.61 Å². The molecule has 5 nitrogen and oxygen atoms in total. The Hall–Kier alpha value is -1.89. The highest BCUT2D eigenvalue weighted by molar-refractivity contribution is 9.10. The summed E-state index contributed by atoms with van der Waals surface area (Å²) >= 11 is 3.16. The minimum absolute atomic E-state index is 0.0450. The van der Waals surface area contributed by atoms with Crippen molar-refractivity contribution < 1.29 is 13.9 Å². The van der Waals surface area contributed by atoms with E-state index in [1.54, 1.807) is 16.9 Å². The van der Waals surface area contributed by atoms with Crippen LogP contribution in [0.4, 0.5) is 4.39 Å². The van der Waals surface area contributed by atoms with Crippen LogP contribution in [0.5, 0.6) is 5.75 Å². The van der Waals surface area contributed by atoms with E-state index in [4.69, 9.17) is 4.74 Å². The van der Waals surface area contributed by atoms with Gasteiger partial charge in [-0.2, -0.15) is 5.10 Å². The van der Waals surface area contributed by atoms with Gasteiger partial charge in [-0.05, 0) is 32.0 Å². The maximum absolute atomic E-state index is 13.6. The average Bonchev–Trinajstić information content (AvgIpc) is 2.78. The van der Waals surface area contributed by atoms with E-state index in [0.29, 0.717) is 4.47 Å². The fraction of sp³-hybridized carbons (Fsp3) is 0.333. The molecule has 22 heavy (non-hydrogen) atoms. The van der Waals surface area contributed by atoms with Crippen molar-refractivity contribution in [3.8, 4) is 5.75 Å². The number of ether oxygens (including phenoxy) is 1. The van der Waals surface area contributed by atoms with Crippen molar-refractivity contribution in [2.45, 2.75) is 19.9 Å². The SMILES string of the molecule is Cc1c(C(C)NC(=O)COc2ccc(Br)cc2F)cnn1C. The van der Waals surface area contributed by atoms with Crippen LogP contribution in [-0.4, -0.2) is 22.3 Å². The zero-order valence-electron chi connectivity index (χ0n) is 12.6. The summed E-state index contributed by atoms with van der Waals surface area (Å²) in [4.78, 5) is 11.9. The minimum Gasteiger partial charge on any atom is -0.481 e. The molecule has 0 aliphatic rings. The smallest absolute Gasteiger partial charge is 0.258 e. The Labute approximate surface area is 136 Å². The molecule has 1 heterocycles. The molecule has 1 atom stereocenters. The van der Waals surface area contributed by atoms with Gasteiger partial charge in [0.05, 0.1) is 12.2 Å². The molecular weight excluding hydrogens is 353 g/mol. The van der Waals surface area contributed by atoms with E-state index in [0.717, 1.165) is 11.3 Å². The van der Waals surface area contributed by atoms with E-state index in [1.807, 2.05) is 20.9 Å². The second-order valence-corrected chi connectivity index (χ2v) is 5.88. The lowest BCUT2D eigenvalue weighted by Crippen LogP contribution is -2.31. The first kappa shape index (κ1) is 16.5. The number of aromatic nitrogens is 2. The lowest BCUT2D eigenvalue weighted by atomic mass is 10.1. The van der Waals surface area contributed by atoms with Crippen LogP contribution in [0.3, 0.4) is 0 Å². The molecule has 1 N–H and O–H groups in total. The Bertz CT molecular complexity index is 687. The van der Waals surface area contributed by atoms with Gasteiger partial charge in [-0.3, -0.25) is 9.48 Å². The van der Waals surface area contributed by atoms with E-state index in [-0.39, 0.29) is 24.3 Å². The summed E-state index contributed by atoms with van der Waals surface area (Å²) in [5.41, 5.74) is 1.92. The standard InChI is InChI=1S/C15H17BrFN3O2/c1-9(12-7-18-20(3)10(12)2)19-15(21)8-22-14-5-4-11(16)6-13(14)17/h4-7,9H,8H2,1-3H3,(H,19,21). The van der Waals surface area contributed by atoms with Gasteiger partial charge in [0, 0.05) is 22.8 Å². The van der Waals surface area contributed by atoms with Gasteiger partial charge in [0.25, 0.3) is 5.91 Å². The zero-order chi connectivity index (χ0) is 16.3. The Morgan fingerprint density at radius 3 is 2.86 bits per heavy atom. The van der Waals surface area contributed by atoms with Crippen LogP contribution in [0, 0.1) is 12.7 Å². The summed E-state index contributed by atoms with van der Waals surface area (Å²) in [6, 6.07) is 4.22. The molecule has 0 saturated heterocycles. The Balaban J connectivity index is 1.91. The van der Waals surface area contributed by atoms with E-state index in [2.05, 4.69) is 26.3 Å². The molecule has 2 rings (SSSR count). The number of hydrogen-bond donors (Lipinski definition) is 1. The maximum atomic E-state index is 13.6. The highest BCUT2D eigenvalue weighted by atomic mass is 79.9. The number of carbonyl (C=O) groups is 1. The fourth-order valence-corrected chi connectivity index (χ4v) is 2.37. The number of hydrogen-bond acceptors (Lipinski definition) is 3. The summed E-state index contributed by atoms with van der Waals surface area (Å²) in [7, 11) is 1.84. The van der Waals surface area contributed by atoms with Crippen LogP contribution >= 0.6 is 15.9 Å². The second kappa shape index (κ2) is 6.91. The molecule has 7 heteroatoms. The molecule has 0 aliphatic carbocycles. The lowest BCUT2D eigenvalue weighted by molar-refractivity contribution is -0.123. The molecule has 0 bridgehead atoms. The Morgan fingerprint density at radius 2 is 2.27 bits per heavy atom. The molecule has 2 aromatic rings. The van der Waals surface area contributed by atoms with Crippen molar-refractivity contribution >= 4 is 21.8 Å². The van der Waals surface area contributed by atoms with Crippen LogP contribution in [0.1, 0.15) is 24.2 Å². The molecule has 1 aromatic heterocycles. The molecule has 0 spiro atoms. The van der Waals surface area contributed by atoms with Gasteiger partial charge in [0.15, 0.2) is 18.2 Å². The van der Waals surface area contributed by atoms with Crippen LogP contribution < -0.4 is 10.1 Å². The summed E-state index contributed by atoms with van der Waals surface area (Å²) in [5, 5.41) is 6.94. The van der Waals surface area contributed by atoms with E-state index in [9.17, 15) is 9.18 Å². The van der Waals surface area contributed by atoms with Gasteiger partial charge in [0.2, 0.25) is 0 Å². The van der Waals surface area contributed by atoms with Crippen LogP contribution in [0.15, 0.2) is 28.9 Å². The third-order valence-electron chi connectivity index (χ3n) is 3.37. The molecule has 0 aliphatic heterocycles. The lowest BCUT2D eigenvalue weighted by Gasteiger charge is -2.14. The molecule has 1 unspecified atom stereocenters. The van der Waals surface area contributed by atoms with Crippen molar-refractivity contribution in [1.82, 2.24) is 15.1 Å². The predicted molar refractivity (Wildman–Crippen MR) is 84.1 cm³/mol. The number of nitrogens with zero attached hydrogens (tertiary/aromatic N) is 2. The minimum atomic E-state index is -0.515. The monoisotopic (exact) mass is 369 g/mol.